The molecule has 1 fully saturated rings. The van der Waals surface area contributed by atoms with Gasteiger partial charge < -0.3 is 4.90 Å². The van der Waals surface area contributed by atoms with Crippen LogP contribution in [0.25, 0.3) is 0 Å². The molecule has 1 aromatic heterocycles. The molecule has 2 aromatic rings. The Morgan fingerprint density at radius 2 is 2.08 bits per heavy atom. The zero-order valence-electron chi connectivity index (χ0n) is 14.4. The maximum absolute atomic E-state index is 12.2. The summed E-state index contributed by atoms with van der Waals surface area (Å²) in [6, 6.07) is 4.06. The summed E-state index contributed by atoms with van der Waals surface area (Å²) in [7, 11) is -3.57. The van der Waals surface area contributed by atoms with Crippen LogP contribution < -0.4 is 4.90 Å². The highest BCUT2D eigenvalue weighted by atomic mass is 32.2. The van der Waals surface area contributed by atoms with Crippen LogP contribution >= 0.6 is 11.3 Å². The van der Waals surface area contributed by atoms with Crippen LogP contribution in [0.4, 0.5) is 11.4 Å². The van der Waals surface area contributed by atoms with Crippen molar-refractivity contribution in [1.82, 2.24) is 9.88 Å². The van der Waals surface area contributed by atoms with Crippen LogP contribution in [0.1, 0.15) is 12.1 Å². The number of nitro groups is 1. The highest BCUT2D eigenvalue weighted by molar-refractivity contribution is 7.90. The number of thiazole rings is 1. The summed E-state index contributed by atoms with van der Waals surface area (Å²) < 4.78 is 24.3. The fourth-order valence-electron chi connectivity index (χ4n) is 3.09. The van der Waals surface area contributed by atoms with Crippen molar-refractivity contribution < 1.29 is 13.3 Å². The van der Waals surface area contributed by atoms with Gasteiger partial charge >= 0.3 is 0 Å². The van der Waals surface area contributed by atoms with Crippen molar-refractivity contribution in [2.24, 2.45) is 0 Å². The van der Waals surface area contributed by atoms with Gasteiger partial charge in [0.15, 0.2) is 9.84 Å². The Morgan fingerprint density at radius 3 is 2.73 bits per heavy atom. The zero-order chi connectivity index (χ0) is 18.7. The quantitative estimate of drug-likeness (QED) is 0.564. The van der Waals surface area contributed by atoms with Crippen LogP contribution in [0.5, 0.6) is 0 Å². The molecule has 2 heterocycles. The third-order valence-corrected chi connectivity index (χ3v) is 6.11. The number of non-ortho nitro benzene ring substituents is 1. The van der Waals surface area contributed by atoms with E-state index < -0.39 is 14.8 Å². The number of hydrogen-bond acceptors (Lipinski definition) is 8. The van der Waals surface area contributed by atoms with Gasteiger partial charge in [-0.1, -0.05) is 0 Å². The smallest absolute Gasteiger partial charge is 0.270 e. The minimum absolute atomic E-state index is 0.0136. The molecule has 1 aliphatic rings. The first-order valence-corrected chi connectivity index (χ1v) is 11.0. The summed E-state index contributed by atoms with van der Waals surface area (Å²) in [6.07, 6.45) is 1.96. The Kier molecular flexibility index (Phi) is 5.54. The van der Waals surface area contributed by atoms with E-state index in [0.717, 1.165) is 44.1 Å². The Hall–Kier alpha value is -2.04. The molecule has 1 saturated heterocycles. The average molecular weight is 396 g/mol. The third-order valence-electron chi connectivity index (χ3n) is 4.35. The first-order chi connectivity index (χ1) is 12.3. The van der Waals surface area contributed by atoms with E-state index >= 15 is 0 Å². The number of anilines is 1. The van der Waals surface area contributed by atoms with E-state index in [0.29, 0.717) is 18.8 Å². The number of hydrogen-bond donors (Lipinski definition) is 0. The first kappa shape index (κ1) is 18.7. The largest absolute Gasteiger partial charge is 0.369 e. The molecule has 8 nitrogen and oxygen atoms in total. The number of nitrogens with zero attached hydrogens (tertiary/aromatic N) is 4. The first-order valence-electron chi connectivity index (χ1n) is 8.17. The lowest BCUT2D eigenvalue weighted by Crippen LogP contribution is -2.31. The Balaban J connectivity index is 1.81. The molecular formula is C16H20N4O4S2. The zero-order valence-corrected chi connectivity index (χ0v) is 16.0. The fraction of sp³-hybridized carbons (Fsp3) is 0.438. The van der Waals surface area contributed by atoms with E-state index in [4.69, 9.17) is 0 Å². The summed E-state index contributed by atoms with van der Waals surface area (Å²) in [5, 5.41) is 13.0. The lowest BCUT2D eigenvalue weighted by Gasteiger charge is -2.25. The highest BCUT2D eigenvalue weighted by Crippen LogP contribution is 2.30. The molecule has 0 atom stereocenters. The van der Waals surface area contributed by atoms with Gasteiger partial charge in [0.2, 0.25) is 0 Å². The van der Waals surface area contributed by atoms with Crippen molar-refractivity contribution >= 4 is 32.5 Å². The molecular weight excluding hydrogens is 376 g/mol. The minimum Gasteiger partial charge on any atom is -0.369 e. The molecule has 0 N–H and O–H groups in total. The minimum atomic E-state index is -3.57. The van der Waals surface area contributed by atoms with Gasteiger partial charge in [-0.05, 0) is 12.5 Å². The number of rotatable bonds is 5. The van der Waals surface area contributed by atoms with Gasteiger partial charge in [-0.2, -0.15) is 0 Å². The Labute approximate surface area is 156 Å². The van der Waals surface area contributed by atoms with Crippen LogP contribution in [0, 0.1) is 10.1 Å². The molecule has 0 amide bonds. The monoisotopic (exact) mass is 396 g/mol. The second kappa shape index (κ2) is 7.68. The van der Waals surface area contributed by atoms with Crippen molar-refractivity contribution in [2.75, 3.05) is 37.3 Å². The molecule has 0 bridgehead atoms. The molecule has 3 rings (SSSR count). The van der Waals surface area contributed by atoms with Gasteiger partial charge in [0.05, 0.1) is 26.7 Å². The van der Waals surface area contributed by atoms with Gasteiger partial charge in [0.1, 0.15) is 0 Å². The SMILES string of the molecule is CS(=O)(=O)c1cc([N+](=O)[O-])ccc1N1CCCN(Cc2cscn2)CC1. The van der Waals surface area contributed by atoms with Gasteiger partial charge in [-0.15, -0.1) is 11.3 Å². The Bertz CT molecular complexity index is 884. The summed E-state index contributed by atoms with van der Waals surface area (Å²) in [4.78, 5) is 19.0. The van der Waals surface area contributed by atoms with E-state index in [1.807, 2.05) is 15.8 Å². The van der Waals surface area contributed by atoms with Gasteiger partial charge in [0, 0.05) is 56.5 Å². The molecule has 0 saturated carbocycles. The summed E-state index contributed by atoms with van der Waals surface area (Å²) >= 11 is 1.57. The average Bonchev–Trinajstić information content (AvgIpc) is 2.98. The van der Waals surface area contributed by atoms with E-state index in [1.54, 1.807) is 17.4 Å². The van der Waals surface area contributed by atoms with Crippen molar-refractivity contribution in [1.29, 1.82) is 0 Å². The predicted molar refractivity (Wildman–Crippen MR) is 100 cm³/mol. The third kappa shape index (κ3) is 4.37. The summed E-state index contributed by atoms with van der Waals surface area (Å²) in [6.45, 7) is 3.81. The molecule has 1 aromatic carbocycles. The van der Waals surface area contributed by atoms with E-state index in [2.05, 4.69) is 9.88 Å². The second-order valence-corrected chi connectivity index (χ2v) is 8.98. The lowest BCUT2D eigenvalue weighted by molar-refractivity contribution is -0.385. The van der Waals surface area contributed by atoms with Crippen molar-refractivity contribution in [3.63, 3.8) is 0 Å². The topological polar surface area (TPSA) is 96.6 Å². The lowest BCUT2D eigenvalue weighted by atomic mass is 10.2. The van der Waals surface area contributed by atoms with Crippen LogP contribution in [0.3, 0.4) is 0 Å². The molecule has 140 valence electrons. The maximum Gasteiger partial charge on any atom is 0.270 e. The predicted octanol–water partition coefficient (Wildman–Crippen LogP) is 2.17. The molecule has 1 aliphatic heterocycles. The van der Waals surface area contributed by atoms with E-state index in [-0.39, 0.29) is 10.6 Å². The highest BCUT2D eigenvalue weighted by Gasteiger charge is 2.24. The summed E-state index contributed by atoms with van der Waals surface area (Å²) in [5.74, 6) is 0. The van der Waals surface area contributed by atoms with Gasteiger partial charge in [-0.3, -0.25) is 15.0 Å². The molecule has 26 heavy (non-hydrogen) atoms. The number of sulfone groups is 1. The van der Waals surface area contributed by atoms with Crippen LogP contribution in [-0.4, -0.2) is 55.7 Å². The van der Waals surface area contributed by atoms with E-state index in [9.17, 15) is 18.5 Å². The van der Waals surface area contributed by atoms with Crippen molar-refractivity contribution in [3.05, 3.63) is 44.9 Å². The van der Waals surface area contributed by atoms with Crippen LogP contribution in [-0.2, 0) is 16.4 Å². The molecule has 10 heteroatoms. The molecule has 0 aliphatic carbocycles. The number of aromatic nitrogens is 1. The van der Waals surface area contributed by atoms with Gasteiger partial charge in [0.25, 0.3) is 5.69 Å². The second-order valence-electron chi connectivity index (χ2n) is 6.28. The van der Waals surface area contributed by atoms with Crippen molar-refractivity contribution in [2.45, 2.75) is 17.9 Å². The number of benzene rings is 1. The molecule has 0 unspecified atom stereocenters. The molecule has 0 spiro atoms. The molecule has 0 radical (unpaired) electrons. The van der Waals surface area contributed by atoms with Crippen LogP contribution in [0.15, 0.2) is 34.0 Å². The van der Waals surface area contributed by atoms with Crippen LogP contribution in [0.2, 0.25) is 0 Å². The standard InChI is InChI=1S/C16H20N4O4S2/c1-26(23,24)16-9-14(20(21)22)3-4-15(16)19-6-2-5-18(7-8-19)10-13-11-25-12-17-13/h3-4,9,11-12H,2,5-8,10H2,1H3. The van der Waals surface area contributed by atoms with Crippen molar-refractivity contribution in [3.8, 4) is 0 Å². The van der Waals surface area contributed by atoms with Gasteiger partial charge in [-0.25, -0.2) is 13.4 Å². The normalized spacial score (nSPS) is 16.4. The maximum atomic E-state index is 12.2. The number of nitro benzene ring substituents is 1. The Morgan fingerprint density at radius 1 is 1.27 bits per heavy atom. The fourth-order valence-corrected chi connectivity index (χ4v) is 4.55. The van der Waals surface area contributed by atoms with E-state index in [1.165, 1.54) is 6.07 Å². The summed E-state index contributed by atoms with van der Waals surface area (Å²) in [5.41, 5.74) is 3.17.